The molecule has 0 saturated carbocycles. The van der Waals surface area contributed by atoms with Gasteiger partial charge in [-0.3, -0.25) is 9.59 Å². The number of benzene rings is 2. The molecular formula is C22H29N3O2S. The van der Waals surface area contributed by atoms with Crippen LogP contribution in [0.2, 0.25) is 0 Å². The van der Waals surface area contributed by atoms with Gasteiger partial charge in [0.2, 0.25) is 11.8 Å². The van der Waals surface area contributed by atoms with Crippen molar-refractivity contribution in [3.8, 4) is 0 Å². The number of amides is 2. The molecule has 2 rings (SSSR count). The van der Waals surface area contributed by atoms with Gasteiger partial charge in [0, 0.05) is 31.0 Å². The number of rotatable bonds is 10. The van der Waals surface area contributed by atoms with E-state index in [4.69, 9.17) is 0 Å². The summed E-state index contributed by atoms with van der Waals surface area (Å²) < 4.78 is 0. The van der Waals surface area contributed by atoms with E-state index >= 15 is 0 Å². The zero-order valence-electron chi connectivity index (χ0n) is 16.8. The Balaban J connectivity index is 1.64. The lowest BCUT2D eigenvalue weighted by Crippen LogP contribution is -2.35. The van der Waals surface area contributed by atoms with E-state index in [1.165, 1.54) is 23.0 Å². The van der Waals surface area contributed by atoms with Crippen LogP contribution in [0, 0.1) is 13.8 Å². The molecule has 0 aliphatic heterocycles. The quantitative estimate of drug-likeness (QED) is 0.641. The Bertz CT molecular complexity index is 778. The van der Waals surface area contributed by atoms with Crippen molar-refractivity contribution in [3.63, 3.8) is 0 Å². The van der Waals surface area contributed by atoms with E-state index in [0.29, 0.717) is 6.54 Å². The number of anilines is 2. The molecule has 0 saturated heterocycles. The second kappa shape index (κ2) is 11.4. The topological polar surface area (TPSA) is 61.4 Å². The summed E-state index contributed by atoms with van der Waals surface area (Å²) in [7, 11) is 0. The number of aryl methyl sites for hydroxylation is 2. The molecule has 0 radical (unpaired) electrons. The first kappa shape index (κ1) is 21.8. The van der Waals surface area contributed by atoms with Crippen LogP contribution in [-0.4, -0.2) is 43.0 Å². The molecule has 2 aromatic carbocycles. The molecule has 2 amide bonds. The Kier molecular flexibility index (Phi) is 8.88. The molecule has 0 unspecified atom stereocenters. The van der Waals surface area contributed by atoms with Gasteiger partial charge in [-0.1, -0.05) is 29.8 Å². The summed E-state index contributed by atoms with van der Waals surface area (Å²) in [6.45, 7) is 8.40. The summed E-state index contributed by atoms with van der Waals surface area (Å²) in [5.74, 6) is 0.385. The van der Waals surface area contributed by atoms with Crippen LogP contribution in [0.15, 0.2) is 48.5 Å². The first-order valence-corrected chi connectivity index (χ1v) is 10.7. The van der Waals surface area contributed by atoms with Gasteiger partial charge < -0.3 is 15.5 Å². The van der Waals surface area contributed by atoms with Gasteiger partial charge in [-0.15, -0.1) is 11.8 Å². The van der Waals surface area contributed by atoms with Crippen LogP contribution < -0.4 is 15.5 Å². The summed E-state index contributed by atoms with van der Waals surface area (Å²) in [6, 6.07) is 16.0. The molecule has 0 fully saturated rings. The average molecular weight is 400 g/mol. The van der Waals surface area contributed by atoms with Crippen molar-refractivity contribution < 1.29 is 9.59 Å². The molecule has 0 aromatic heterocycles. The molecule has 5 nitrogen and oxygen atoms in total. The number of nitrogens with zero attached hydrogens (tertiary/aromatic N) is 1. The molecule has 2 aromatic rings. The van der Waals surface area contributed by atoms with Crippen LogP contribution in [0.4, 0.5) is 11.4 Å². The fraction of sp³-hybridized carbons (Fsp3) is 0.364. The Hall–Kier alpha value is -2.47. The number of thioether (sulfide) groups is 1. The van der Waals surface area contributed by atoms with E-state index in [9.17, 15) is 9.59 Å². The highest BCUT2D eigenvalue weighted by Gasteiger charge is 2.08. The van der Waals surface area contributed by atoms with E-state index in [1.807, 2.05) is 37.3 Å². The Morgan fingerprint density at radius 3 is 2.36 bits per heavy atom. The third kappa shape index (κ3) is 7.64. The fourth-order valence-corrected chi connectivity index (χ4v) is 3.39. The maximum absolute atomic E-state index is 12.0. The highest BCUT2D eigenvalue weighted by atomic mass is 32.2. The van der Waals surface area contributed by atoms with E-state index in [-0.39, 0.29) is 23.3 Å². The lowest BCUT2D eigenvalue weighted by molar-refractivity contribution is -0.118. The second-order valence-corrected chi connectivity index (χ2v) is 7.66. The minimum absolute atomic E-state index is 0.0477. The maximum atomic E-state index is 12.0. The Morgan fingerprint density at radius 1 is 0.964 bits per heavy atom. The predicted octanol–water partition coefficient (Wildman–Crippen LogP) is 3.62. The molecule has 150 valence electrons. The molecule has 0 bridgehead atoms. The minimum atomic E-state index is -0.0988. The van der Waals surface area contributed by atoms with Crippen molar-refractivity contribution in [1.29, 1.82) is 0 Å². The van der Waals surface area contributed by atoms with Crippen molar-refractivity contribution in [2.45, 2.75) is 20.8 Å². The van der Waals surface area contributed by atoms with Crippen molar-refractivity contribution in [3.05, 3.63) is 59.7 Å². The van der Waals surface area contributed by atoms with E-state index in [1.54, 1.807) is 0 Å². The first-order valence-electron chi connectivity index (χ1n) is 9.50. The van der Waals surface area contributed by atoms with E-state index in [2.05, 4.69) is 47.6 Å². The second-order valence-electron chi connectivity index (χ2n) is 6.68. The summed E-state index contributed by atoms with van der Waals surface area (Å²) in [4.78, 5) is 26.2. The molecule has 0 aliphatic rings. The van der Waals surface area contributed by atoms with Gasteiger partial charge in [-0.2, -0.15) is 0 Å². The Morgan fingerprint density at radius 2 is 1.68 bits per heavy atom. The number of likely N-dealkylation sites (N-methyl/N-ethyl adjacent to an activating group) is 1. The molecule has 0 aliphatic carbocycles. The third-order valence-electron chi connectivity index (χ3n) is 4.25. The third-order valence-corrected chi connectivity index (χ3v) is 5.19. The summed E-state index contributed by atoms with van der Waals surface area (Å²) in [5.41, 5.74) is 4.31. The van der Waals surface area contributed by atoms with Gasteiger partial charge in [-0.05, 0) is 50.6 Å². The monoisotopic (exact) mass is 399 g/mol. The standard InChI is InChI=1S/C22H29N3O2S/c1-4-25(20-7-5-6-18(3)14-20)13-12-23-21(26)15-28-16-22(27)24-19-10-8-17(2)9-11-19/h5-11,14H,4,12-13,15-16H2,1-3H3,(H,23,26)(H,24,27). The SMILES string of the molecule is CCN(CCNC(=O)CSCC(=O)Nc1ccc(C)cc1)c1cccc(C)c1. The van der Waals surface area contributed by atoms with Gasteiger partial charge in [0.05, 0.1) is 11.5 Å². The summed E-state index contributed by atoms with van der Waals surface area (Å²) >= 11 is 1.32. The van der Waals surface area contributed by atoms with Gasteiger partial charge >= 0.3 is 0 Å². The van der Waals surface area contributed by atoms with Crippen molar-refractivity contribution in [1.82, 2.24) is 5.32 Å². The van der Waals surface area contributed by atoms with Crippen LogP contribution in [0.3, 0.4) is 0 Å². The summed E-state index contributed by atoms with van der Waals surface area (Å²) in [5, 5.41) is 5.76. The maximum Gasteiger partial charge on any atom is 0.234 e. The number of carbonyl (C=O) groups excluding carboxylic acids is 2. The van der Waals surface area contributed by atoms with Crippen LogP contribution in [-0.2, 0) is 9.59 Å². The Labute approximate surface area is 171 Å². The molecule has 0 atom stereocenters. The number of nitrogens with one attached hydrogen (secondary N) is 2. The number of carbonyl (C=O) groups is 2. The average Bonchev–Trinajstić information content (AvgIpc) is 2.67. The zero-order valence-corrected chi connectivity index (χ0v) is 17.6. The van der Waals surface area contributed by atoms with Gasteiger partial charge in [-0.25, -0.2) is 0 Å². The highest BCUT2D eigenvalue weighted by Crippen LogP contribution is 2.15. The number of hydrogen-bond acceptors (Lipinski definition) is 4. The lowest BCUT2D eigenvalue weighted by Gasteiger charge is -2.23. The van der Waals surface area contributed by atoms with Gasteiger partial charge in [0.15, 0.2) is 0 Å². The fourth-order valence-electron chi connectivity index (χ4n) is 2.75. The minimum Gasteiger partial charge on any atom is -0.370 e. The zero-order chi connectivity index (χ0) is 20.4. The molecule has 0 heterocycles. The van der Waals surface area contributed by atoms with Crippen molar-refractivity contribution in [2.75, 3.05) is 41.4 Å². The number of hydrogen-bond donors (Lipinski definition) is 2. The largest absolute Gasteiger partial charge is 0.370 e. The van der Waals surface area contributed by atoms with Gasteiger partial charge in [0.1, 0.15) is 0 Å². The highest BCUT2D eigenvalue weighted by molar-refractivity contribution is 8.00. The van der Waals surface area contributed by atoms with Crippen LogP contribution in [0.1, 0.15) is 18.1 Å². The predicted molar refractivity (Wildman–Crippen MR) is 119 cm³/mol. The van der Waals surface area contributed by atoms with Gasteiger partial charge in [0.25, 0.3) is 0 Å². The molecule has 6 heteroatoms. The lowest BCUT2D eigenvalue weighted by atomic mass is 10.2. The van der Waals surface area contributed by atoms with Crippen molar-refractivity contribution in [2.24, 2.45) is 0 Å². The molecule has 2 N–H and O–H groups in total. The normalized spacial score (nSPS) is 10.4. The smallest absolute Gasteiger partial charge is 0.234 e. The summed E-state index contributed by atoms with van der Waals surface area (Å²) in [6.07, 6.45) is 0. The van der Waals surface area contributed by atoms with Crippen LogP contribution >= 0.6 is 11.8 Å². The van der Waals surface area contributed by atoms with E-state index in [0.717, 1.165) is 24.3 Å². The molecular weight excluding hydrogens is 370 g/mol. The van der Waals surface area contributed by atoms with Crippen molar-refractivity contribution >= 4 is 35.0 Å². The van der Waals surface area contributed by atoms with Crippen LogP contribution in [0.5, 0.6) is 0 Å². The van der Waals surface area contributed by atoms with E-state index < -0.39 is 0 Å². The van der Waals surface area contributed by atoms with Crippen LogP contribution in [0.25, 0.3) is 0 Å². The molecule has 0 spiro atoms. The first-order chi connectivity index (χ1) is 13.5. The molecule has 28 heavy (non-hydrogen) atoms.